The summed E-state index contributed by atoms with van der Waals surface area (Å²) in [7, 11) is 3.47. The number of benzene rings is 1. The predicted octanol–water partition coefficient (Wildman–Crippen LogP) is 1.33. The molecule has 2 heterocycles. The van der Waals surface area contributed by atoms with Crippen molar-refractivity contribution in [2.24, 2.45) is 0 Å². The molecule has 0 spiro atoms. The average Bonchev–Trinajstić information content (AvgIpc) is 3.01. The summed E-state index contributed by atoms with van der Waals surface area (Å²) >= 11 is 0. The van der Waals surface area contributed by atoms with Gasteiger partial charge in [-0.2, -0.15) is 0 Å². The summed E-state index contributed by atoms with van der Waals surface area (Å²) in [6.45, 7) is 2.50. The van der Waals surface area contributed by atoms with Gasteiger partial charge in [0.25, 0.3) is 0 Å². The van der Waals surface area contributed by atoms with Crippen LogP contribution in [0.15, 0.2) is 22.6 Å². The van der Waals surface area contributed by atoms with E-state index in [0.29, 0.717) is 36.8 Å². The normalized spacial score (nSPS) is 18.5. The first-order valence-corrected chi connectivity index (χ1v) is 7.35. The molecule has 3 rings (SSSR count). The van der Waals surface area contributed by atoms with E-state index < -0.39 is 6.10 Å². The number of methoxy groups -OCH3 is 1. The Morgan fingerprint density at radius 1 is 1.50 bits per heavy atom. The number of ether oxygens (including phenoxy) is 2. The molecular weight excluding hydrogens is 284 g/mol. The predicted molar refractivity (Wildman–Crippen MR) is 82.5 cm³/mol. The molecule has 6 nitrogen and oxygen atoms in total. The first-order valence-electron chi connectivity index (χ1n) is 7.35. The van der Waals surface area contributed by atoms with E-state index in [1.807, 2.05) is 19.2 Å². The fourth-order valence-electron chi connectivity index (χ4n) is 2.67. The van der Waals surface area contributed by atoms with Crippen LogP contribution in [-0.2, 0) is 11.3 Å². The van der Waals surface area contributed by atoms with Crippen molar-refractivity contribution < 1.29 is 18.7 Å². The Balaban J connectivity index is 2.00. The maximum Gasteiger partial charge on any atom is 0.227 e. The first kappa shape index (κ1) is 15.0. The molecule has 1 saturated heterocycles. The van der Waals surface area contributed by atoms with Crippen molar-refractivity contribution in [1.29, 1.82) is 0 Å². The third-order valence-electron chi connectivity index (χ3n) is 3.79. The van der Waals surface area contributed by atoms with Gasteiger partial charge in [0.1, 0.15) is 6.10 Å². The Kier molecular flexibility index (Phi) is 4.42. The van der Waals surface area contributed by atoms with E-state index in [0.717, 1.165) is 17.5 Å². The van der Waals surface area contributed by atoms with Gasteiger partial charge in [0.05, 0.1) is 13.7 Å². The Hall–Kier alpha value is -1.89. The molecule has 22 heavy (non-hydrogen) atoms. The zero-order valence-corrected chi connectivity index (χ0v) is 12.8. The van der Waals surface area contributed by atoms with Crippen molar-refractivity contribution in [3.63, 3.8) is 0 Å². The van der Waals surface area contributed by atoms with Gasteiger partial charge >= 0.3 is 0 Å². The molecule has 0 saturated carbocycles. The zero-order chi connectivity index (χ0) is 15.5. The summed E-state index contributed by atoms with van der Waals surface area (Å²) in [6, 6.07) is 5.61. The number of ketones is 1. The molecule has 118 valence electrons. The number of carbonyl (C=O) groups excluding carboxylic acids is 1. The molecule has 1 aliphatic rings. The van der Waals surface area contributed by atoms with Gasteiger partial charge in [-0.25, -0.2) is 0 Å². The monoisotopic (exact) mass is 304 g/mol. The smallest absolute Gasteiger partial charge is 0.227 e. The van der Waals surface area contributed by atoms with Crippen LogP contribution < -0.4 is 15.4 Å². The van der Waals surface area contributed by atoms with Crippen LogP contribution in [0.4, 0.5) is 0 Å². The minimum absolute atomic E-state index is 0.138. The van der Waals surface area contributed by atoms with Crippen LogP contribution >= 0.6 is 0 Å². The van der Waals surface area contributed by atoms with Crippen molar-refractivity contribution in [1.82, 2.24) is 10.6 Å². The van der Waals surface area contributed by atoms with E-state index in [2.05, 4.69) is 10.6 Å². The van der Waals surface area contributed by atoms with Crippen LogP contribution in [-0.4, -0.2) is 45.7 Å². The van der Waals surface area contributed by atoms with Gasteiger partial charge in [-0.05, 0) is 24.7 Å². The summed E-state index contributed by atoms with van der Waals surface area (Å²) in [5, 5.41) is 7.15. The summed E-state index contributed by atoms with van der Waals surface area (Å²) in [5.41, 5.74) is 1.66. The number of hydrogen-bond donors (Lipinski definition) is 2. The molecule has 0 amide bonds. The van der Waals surface area contributed by atoms with Gasteiger partial charge in [-0.15, -0.1) is 0 Å². The Labute approximate surface area is 128 Å². The van der Waals surface area contributed by atoms with Crippen molar-refractivity contribution in [3.05, 3.63) is 29.5 Å². The van der Waals surface area contributed by atoms with Crippen molar-refractivity contribution >= 4 is 16.8 Å². The van der Waals surface area contributed by atoms with Crippen LogP contribution in [0.1, 0.15) is 16.1 Å². The molecule has 1 aromatic carbocycles. The van der Waals surface area contributed by atoms with Gasteiger partial charge in [0.2, 0.25) is 5.78 Å². The van der Waals surface area contributed by atoms with Crippen LogP contribution in [0.2, 0.25) is 0 Å². The number of nitrogens with one attached hydrogen (secondary N) is 2. The van der Waals surface area contributed by atoms with E-state index in [1.54, 1.807) is 13.2 Å². The van der Waals surface area contributed by atoms with E-state index in [4.69, 9.17) is 13.9 Å². The van der Waals surface area contributed by atoms with E-state index >= 15 is 0 Å². The minimum Gasteiger partial charge on any atom is -0.493 e. The molecule has 1 fully saturated rings. The summed E-state index contributed by atoms with van der Waals surface area (Å²) in [6.07, 6.45) is -0.493. The van der Waals surface area contributed by atoms with Crippen LogP contribution in [0.25, 0.3) is 11.0 Å². The summed E-state index contributed by atoms with van der Waals surface area (Å²) in [4.78, 5) is 12.5. The minimum atomic E-state index is -0.493. The van der Waals surface area contributed by atoms with E-state index in [1.165, 1.54) is 0 Å². The lowest BCUT2D eigenvalue weighted by atomic mass is 10.1. The SMILES string of the molecule is CNCc1ccc(OC)c2oc(C(=O)C3CNCCO3)cc12. The Bertz CT molecular complexity index is 674. The number of hydrogen-bond acceptors (Lipinski definition) is 6. The fraction of sp³-hybridized carbons (Fsp3) is 0.438. The molecule has 2 N–H and O–H groups in total. The topological polar surface area (TPSA) is 72.7 Å². The molecule has 1 unspecified atom stereocenters. The molecule has 0 radical (unpaired) electrons. The highest BCUT2D eigenvalue weighted by molar-refractivity contribution is 6.02. The summed E-state index contributed by atoms with van der Waals surface area (Å²) in [5.74, 6) is 0.794. The third-order valence-corrected chi connectivity index (χ3v) is 3.79. The number of Topliss-reactive ketones (excluding diaryl/α,β-unsaturated/α-hetero) is 1. The second-order valence-electron chi connectivity index (χ2n) is 5.24. The van der Waals surface area contributed by atoms with E-state index in [-0.39, 0.29) is 5.78 Å². The lowest BCUT2D eigenvalue weighted by molar-refractivity contribution is 0.0251. The first-order chi connectivity index (χ1) is 10.7. The molecular formula is C16H20N2O4. The maximum atomic E-state index is 12.5. The Morgan fingerprint density at radius 2 is 2.36 bits per heavy atom. The molecule has 0 bridgehead atoms. The molecule has 1 atom stereocenters. The quantitative estimate of drug-likeness (QED) is 0.812. The highest BCUT2D eigenvalue weighted by Gasteiger charge is 2.27. The average molecular weight is 304 g/mol. The Morgan fingerprint density at radius 3 is 3.05 bits per heavy atom. The number of fused-ring (bicyclic) bond motifs is 1. The van der Waals surface area contributed by atoms with Crippen molar-refractivity contribution in [2.45, 2.75) is 12.6 Å². The third kappa shape index (κ3) is 2.72. The zero-order valence-electron chi connectivity index (χ0n) is 12.8. The van der Waals surface area contributed by atoms with Crippen LogP contribution in [0.5, 0.6) is 5.75 Å². The molecule has 6 heteroatoms. The maximum absolute atomic E-state index is 12.5. The molecule has 1 aliphatic heterocycles. The second kappa shape index (κ2) is 6.48. The van der Waals surface area contributed by atoms with Crippen LogP contribution in [0, 0.1) is 0 Å². The van der Waals surface area contributed by atoms with Gasteiger partial charge in [-0.1, -0.05) is 6.07 Å². The standard InChI is InChI=1S/C16H20N2O4/c1-17-8-10-3-4-12(20-2)16-11(10)7-13(22-16)15(19)14-9-18-5-6-21-14/h3-4,7,14,17-18H,5-6,8-9H2,1-2H3. The summed E-state index contributed by atoms with van der Waals surface area (Å²) < 4.78 is 16.6. The van der Waals surface area contributed by atoms with Gasteiger partial charge in [0, 0.05) is 25.0 Å². The number of furan rings is 1. The van der Waals surface area contributed by atoms with Crippen LogP contribution in [0.3, 0.4) is 0 Å². The van der Waals surface area contributed by atoms with Gasteiger partial charge in [-0.3, -0.25) is 4.79 Å². The van der Waals surface area contributed by atoms with Gasteiger partial charge in [0.15, 0.2) is 17.1 Å². The highest BCUT2D eigenvalue weighted by atomic mass is 16.5. The molecule has 2 aromatic rings. The molecule has 1 aromatic heterocycles. The lowest BCUT2D eigenvalue weighted by Gasteiger charge is -2.21. The number of rotatable bonds is 5. The lowest BCUT2D eigenvalue weighted by Crippen LogP contribution is -2.43. The fourth-order valence-corrected chi connectivity index (χ4v) is 2.67. The number of carbonyl (C=O) groups is 1. The van der Waals surface area contributed by atoms with E-state index in [9.17, 15) is 4.79 Å². The van der Waals surface area contributed by atoms with Gasteiger partial charge < -0.3 is 24.5 Å². The largest absolute Gasteiger partial charge is 0.493 e. The second-order valence-corrected chi connectivity index (χ2v) is 5.24. The van der Waals surface area contributed by atoms with Crippen molar-refractivity contribution in [3.8, 4) is 5.75 Å². The highest BCUT2D eigenvalue weighted by Crippen LogP contribution is 2.32. The van der Waals surface area contributed by atoms with Crippen molar-refractivity contribution in [2.75, 3.05) is 33.9 Å². The number of morpholine rings is 1. The molecule has 0 aliphatic carbocycles.